The van der Waals surface area contributed by atoms with Crippen molar-refractivity contribution in [2.75, 3.05) is 19.9 Å². The lowest BCUT2D eigenvalue weighted by molar-refractivity contribution is -0.127. The summed E-state index contributed by atoms with van der Waals surface area (Å²) >= 11 is 1.50. The monoisotopic (exact) mass is 305 g/mol. The molecule has 2 aromatic rings. The number of hydrogen-bond acceptors (Lipinski definition) is 4. The average molecular weight is 305 g/mol. The maximum atomic E-state index is 12.1. The van der Waals surface area contributed by atoms with Gasteiger partial charge in [-0.15, -0.1) is 11.8 Å². The quantitative estimate of drug-likeness (QED) is 0.768. The Morgan fingerprint density at radius 2 is 2.00 bits per heavy atom. The highest BCUT2D eigenvalue weighted by molar-refractivity contribution is 8.00. The minimum absolute atomic E-state index is 0.0939. The summed E-state index contributed by atoms with van der Waals surface area (Å²) in [7, 11) is 3.45. The molecule has 0 fully saturated rings. The Bertz CT molecular complexity index is 592. The van der Waals surface area contributed by atoms with Crippen LogP contribution in [0.25, 0.3) is 0 Å². The van der Waals surface area contributed by atoms with Gasteiger partial charge in [-0.25, -0.2) is 0 Å². The number of aryl methyl sites for hydroxylation is 1. The standard InChI is InChI=1S/C16H19NO3S/c1-12-15(8-9-20-12)21-11-16(18)17(2)10-13-4-6-14(19-3)7-5-13/h4-9H,10-11H2,1-3H3. The molecule has 0 spiro atoms. The molecule has 0 atom stereocenters. The highest BCUT2D eigenvalue weighted by Gasteiger charge is 2.11. The largest absolute Gasteiger partial charge is 0.497 e. The van der Waals surface area contributed by atoms with Gasteiger partial charge in [0.2, 0.25) is 5.91 Å². The number of amides is 1. The van der Waals surface area contributed by atoms with Crippen LogP contribution < -0.4 is 4.74 Å². The Kier molecular flexibility index (Phi) is 5.33. The van der Waals surface area contributed by atoms with Gasteiger partial charge in [-0.05, 0) is 30.7 Å². The van der Waals surface area contributed by atoms with E-state index in [1.165, 1.54) is 11.8 Å². The van der Waals surface area contributed by atoms with Crippen LogP contribution in [0.1, 0.15) is 11.3 Å². The molecule has 1 aromatic carbocycles. The zero-order valence-corrected chi connectivity index (χ0v) is 13.3. The van der Waals surface area contributed by atoms with E-state index in [0.717, 1.165) is 22.0 Å². The predicted octanol–water partition coefficient (Wildman–Crippen LogP) is 3.35. The number of carbonyl (C=O) groups excluding carboxylic acids is 1. The van der Waals surface area contributed by atoms with E-state index in [-0.39, 0.29) is 5.91 Å². The van der Waals surface area contributed by atoms with Crippen LogP contribution in [0.4, 0.5) is 0 Å². The van der Waals surface area contributed by atoms with Crippen molar-refractivity contribution in [3.63, 3.8) is 0 Å². The molecule has 0 bridgehead atoms. The molecular formula is C16H19NO3S. The van der Waals surface area contributed by atoms with Gasteiger partial charge in [0.15, 0.2) is 0 Å². The van der Waals surface area contributed by atoms with Gasteiger partial charge in [-0.2, -0.15) is 0 Å². The summed E-state index contributed by atoms with van der Waals surface area (Å²) in [4.78, 5) is 14.9. The molecule has 0 unspecified atom stereocenters. The number of thioether (sulfide) groups is 1. The Hall–Kier alpha value is -1.88. The molecule has 0 saturated heterocycles. The molecule has 0 aliphatic heterocycles. The lowest BCUT2D eigenvalue weighted by Crippen LogP contribution is -2.27. The van der Waals surface area contributed by atoms with Gasteiger partial charge in [0.1, 0.15) is 11.5 Å². The van der Waals surface area contributed by atoms with Crippen molar-refractivity contribution in [2.24, 2.45) is 0 Å². The highest BCUT2D eigenvalue weighted by atomic mass is 32.2. The number of nitrogens with zero attached hydrogens (tertiary/aromatic N) is 1. The first kappa shape index (κ1) is 15.5. The van der Waals surface area contributed by atoms with Crippen LogP contribution in [-0.4, -0.2) is 30.7 Å². The van der Waals surface area contributed by atoms with Crippen molar-refractivity contribution >= 4 is 17.7 Å². The highest BCUT2D eigenvalue weighted by Crippen LogP contribution is 2.23. The smallest absolute Gasteiger partial charge is 0.232 e. The van der Waals surface area contributed by atoms with Crippen LogP contribution in [0.2, 0.25) is 0 Å². The molecule has 1 amide bonds. The molecule has 0 N–H and O–H groups in total. The van der Waals surface area contributed by atoms with Crippen molar-refractivity contribution in [3.05, 3.63) is 47.9 Å². The van der Waals surface area contributed by atoms with Gasteiger partial charge in [-0.1, -0.05) is 12.1 Å². The van der Waals surface area contributed by atoms with Crippen LogP contribution in [0.5, 0.6) is 5.75 Å². The Morgan fingerprint density at radius 1 is 1.29 bits per heavy atom. The first-order valence-corrected chi connectivity index (χ1v) is 7.62. The molecule has 112 valence electrons. The molecule has 1 heterocycles. The topological polar surface area (TPSA) is 42.7 Å². The van der Waals surface area contributed by atoms with Crippen LogP contribution in [0.15, 0.2) is 45.9 Å². The summed E-state index contributed by atoms with van der Waals surface area (Å²) in [6.45, 7) is 2.49. The minimum Gasteiger partial charge on any atom is -0.497 e. The minimum atomic E-state index is 0.0939. The van der Waals surface area contributed by atoms with E-state index < -0.39 is 0 Å². The van der Waals surface area contributed by atoms with Crippen LogP contribution >= 0.6 is 11.8 Å². The fourth-order valence-electron chi connectivity index (χ4n) is 1.87. The summed E-state index contributed by atoms with van der Waals surface area (Å²) in [5.41, 5.74) is 1.08. The zero-order valence-electron chi connectivity index (χ0n) is 12.5. The number of methoxy groups -OCH3 is 1. The molecule has 1 aromatic heterocycles. The average Bonchev–Trinajstić information content (AvgIpc) is 2.90. The first-order valence-electron chi connectivity index (χ1n) is 6.64. The van der Waals surface area contributed by atoms with E-state index in [1.807, 2.05) is 44.3 Å². The van der Waals surface area contributed by atoms with E-state index in [2.05, 4.69) is 0 Å². The SMILES string of the molecule is COc1ccc(CN(C)C(=O)CSc2ccoc2C)cc1. The second-order valence-electron chi connectivity index (χ2n) is 4.73. The van der Waals surface area contributed by atoms with Gasteiger partial charge in [0.05, 0.1) is 19.1 Å². The third kappa shape index (κ3) is 4.29. The number of rotatable bonds is 6. The van der Waals surface area contributed by atoms with E-state index >= 15 is 0 Å². The fourth-order valence-corrected chi connectivity index (χ4v) is 2.77. The summed E-state index contributed by atoms with van der Waals surface area (Å²) in [6.07, 6.45) is 1.64. The molecule has 0 aliphatic carbocycles. The van der Waals surface area contributed by atoms with E-state index in [0.29, 0.717) is 12.3 Å². The first-order chi connectivity index (χ1) is 10.1. The van der Waals surface area contributed by atoms with Crippen molar-refractivity contribution in [1.29, 1.82) is 0 Å². The molecule has 2 rings (SSSR count). The summed E-state index contributed by atoms with van der Waals surface area (Å²) in [5.74, 6) is 2.17. The van der Waals surface area contributed by atoms with E-state index in [1.54, 1.807) is 18.3 Å². The lowest BCUT2D eigenvalue weighted by Gasteiger charge is -2.17. The van der Waals surface area contributed by atoms with Gasteiger partial charge < -0.3 is 14.1 Å². The van der Waals surface area contributed by atoms with Crippen LogP contribution in [0, 0.1) is 6.92 Å². The maximum absolute atomic E-state index is 12.1. The lowest BCUT2D eigenvalue weighted by atomic mass is 10.2. The van der Waals surface area contributed by atoms with Crippen LogP contribution in [0.3, 0.4) is 0 Å². The van der Waals surface area contributed by atoms with Crippen molar-refractivity contribution in [1.82, 2.24) is 4.90 Å². The molecule has 0 radical (unpaired) electrons. The van der Waals surface area contributed by atoms with E-state index in [4.69, 9.17) is 9.15 Å². The Balaban J connectivity index is 1.85. The van der Waals surface area contributed by atoms with Gasteiger partial charge in [-0.3, -0.25) is 4.79 Å². The second kappa shape index (κ2) is 7.22. The Labute approximate surface area is 129 Å². The molecule has 21 heavy (non-hydrogen) atoms. The Morgan fingerprint density at radius 3 is 2.57 bits per heavy atom. The van der Waals surface area contributed by atoms with E-state index in [9.17, 15) is 4.79 Å². The summed E-state index contributed by atoms with van der Waals surface area (Å²) in [6, 6.07) is 9.62. The van der Waals surface area contributed by atoms with Crippen LogP contribution in [-0.2, 0) is 11.3 Å². The summed E-state index contributed by atoms with van der Waals surface area (Å²) < 4.78 is 10.3. The number of furan rings is 1. The molecule has 4 nitrogen and oxygen atoms in total. The molecule has 5 heteroatoms. The summed E-state index contributed by atoms with van der Waals surface area (Å²) in [5, 5.41) is 0. The normalized spacial score (nSPS) is 10.4. The number of hydrogen-bond donors (Lipinski definition) is 0. The third-order valence-corrected chi connectivity index (χ3v) is 4.29. The van der Waals surface area contributed by atoms with Gasteiger partial charge in [0, 0.05) is 18.5 Å². The maximum Gasteiger partial charge on any atom is 0.232 e. The molecular weight excluding hydrogens is 286 g/mol. The number of ether oxygens (including phenoxy) is 1. The van der Waals surface area contributed by atoms with Crippen molar-refractivity contribution in [3.8, 4) is 5.75 Å². The number of benzene rings is 1. The predicted molar refractivity (Wildman–Crippen MR) is 83.6 cm³/mol. The van der Waals surface area contributed by atoms with Crippen molar-refractivity contribution in [2.45, 2.75) is 18.4 Å². The number of carbonyl (C=O) groups is 1. The molecule has 0 aliphatic rings. The second-order valence-corrected chi connectivity index (χ2v) is 5.74. The third-order valence-electron chi connectivity index (χ3n) is 3.17. The van der Waals surface area contributed by atoms with Crippen molar-refractivity contribution < 1.29 is 13.9 Å². The van der Waals surface area contributed by atoms with Gasteiger partial charge >= 0.3 is 0 Å². The molecule has 0 saturated carbocycles. The fraction of sp³-hybridized carbons (Fsp3) is 0.312. The zero-order chi connectivity index (χ0) is 15.2. The van der Waals surface area contributed by atoms with Gasteiger partial charge in [0.25, 0.3) is 0 Å².